The topological polar surface area (TPSA) is 162 Å². The van der Waals surface area contributed by atoms with Gasteiger partial charge in [-0.25, -0.2) is 0 Å². The first-order valence-corrected chi connectivity index (χ1v) is 32.6. The van der Waals surface area contributed by atoms with E-state index in [2.05, 4.69) is 19.9 Å². The number of pyridine rings is 4. The summed E-state index contributed by atoms with van der Waals surface area (Å²) >= 11 is 0.382. The fourth-order valence-electron chi connectivity index (χ4n) is 6.69. The van der Waals surface area contributed by atoms with E-state index in [9.17, 15) is 0 Å². The average Bonchev–Trinajstić information content (AvgIpc) is 3.33. The van der Waals surface area contributed by atoms with Gasteiger partial charge in [0.2, 0.25) is 0 Å². The zero-order chi connectivity index (χ0) is 49.6. The van der Waals surface area contributed by atoms with Crippen LogP contribution in [0.1, 0.15) is 83.1 Å². The van der Waals surface area contributed by atoms with Gasteiger partial charge >= 0.3 is 68.4 Å². The van der Waals surface area contributed by atoms with E-state index in [-0.39, 0.29) is 0 Å². The summed E-state index contributed by atoms with van der Waals surface area (Å²) in [7, 11) is -2.47. The summed E-state index contributed by atoms with van der Waals surface area (Å²) in [5, 5.41) is 3.33. The van der Waals surface area contributed by atoms with Crippen LogP contribution in [0, 0.1) is 0 Å². The molecule has 4 rings (SSSR count). The number of halogens is 2. The fourth-order valence-corrected chi connectivity index (χ4v) is 16.3. The molecule has 4 heterocycles. The number of hydrogen-bond donors (Lipinski definition) is 0. The Balaban J connectivity index is 0.000000435. The van der Waals surface area contributed by atoms with Crippen molar-refractivity contribution in [2.24, 2.45) is 0 Å². The molecule has 0 atom stereocenters. The van der Waals surface area contributed by atoms with Crippen molar-refractivity contribution >= 4 is 76.3 Å². The van der Waals surface area contributed by atoms with E-state index in [4.69, 9.17) is 73.4 Å². The molecular weight excluding hydrogens is 1020 g/mol. The quantitative estimate of drug-likeness (QED) is 0.0508. The van der Waals surface area contributed by atoms with Gasteiger partial charge in [-0.05, 0) is 107 Å². The Morgan fingerprint density at radius 2 is 0.433 bits per heavy atom. The van der Waals surface area contributed by atoms with Crippen molar-refractivity contribution in [2.75, 3.05) is 79.3 Å². The molecule has 0 fully saturated rings. The van der Waals surface area contributed by atoms with Gasteiger partial charge < -0.3 is 53.1 Å². The van der Waals surface area contributed by atoms with Crippen LogP contribution in [0.25, 0.3) is 22.8 Å². The predicted molar refractivity (Wildman–Crippen MR) is 268 cm³/mol. The molecule has 0 aliphatic carbocycles. The van der Waals surface area contributed by atoms with Crippen LogP contribution in [0.3, 0.4) is 0 Å². The Morgan fingerprint density at radius 3 is 0.522 bits per heavy atom. The van der Waals surface area contributed by atoms with Gasteiger partial charge in [-0.3, -0.25) is 19.9 Å². The van der Waals surface area contributed by atoms with Crippen LogP contribution in [-0.2, 0) is 66.0 Å². The van der Waals surface area contributed by atoms with Crippen molar-refractivity contribution < 1.29 is 66.0 Å². The first-order chi connectivity index (χ1) is 32.5. The summed E-state index contributed by atoms with van der Waals surface area (Å²) in [6.07, 6.45) is 7.05. The van der Waals surface area contributed by atoms with Crippen molar-refractivity contribution in [3.8, 4) is 22.8 Å². The third-order valence-electron chi connectivity index (χ3n) is 9.01. The summed E-state index contributed by atoms with van der Waals surface area (Å²) in [5.41, 5.74) is 2.96. The second kappa shape index (κ2) is 33.6. The number of hydrogen-bond acceptors (Lipinski definition) is 16. The minimum atomic E-state index is -2.98. The van der Waals surface area contributed by atoms with Crippen LogP contribution in [-0.4, -0.2) is 134 Å². The zero-order valence-corrected chi connectivity index (χ0v) is 47.7. The minimum absolute atomic E-state index is 0.382. The third-order valence-corrected chi connectivity index (χ3v) is 21.0. The van der Waals surface area contributed by atoms with Crippen molar-refractivity contribution in [3.05, 3.63) is 73.3 Å². The third kappa shape index (κ3) is 17.7. The first kappa shape index (κ1) is 61.2. The molecule has 0 unspecified atom stereocenters. The van der Waals surface area contributed by atoms with E-state index in [1.807, 2.05) is 132 Å². The Hall–Kier alpha value is -1.93. The van der Waals surface area contributed by atoms with Crippen LogP contribution in [0.2, 0.25) is 0 Å². The zero-order valence-electron chi connectivity index (χ0n) is 41.2. The molecule has 0 bridgehead atoms. The summed E-state index contributed by atoms with van der Waals surface area (Å²) in [4.78, 5) is 18.4. The monoisotopic (exact) mass is 1090 g/mol. The Morgan fingerprint density at radius 1 is 0.299 bits per heavy atom. The number of rotatable bonds is 30. The summed E-state index contributed by atoms with van der Waals surface area (Å²) < 4.78 is 71.6. The van der Waals surface area contributed by atoms with Gasteiger partial charge in [-0.15, -0.1) is 0 Å². The number of aromatic nitrogens is 4. The molecule has 16 nitrogen and oxygen atoms in total. The molecule has 0 spiro atoms. The molecule has 67 heavy (non-hydrogen) atoms. The van der Waals surface area contributed by atoms with Gasteiger partial charge in [-0.2, -0.15) is 0 Å². The van der Waals surface area contributed by atoms with Crippen molar-refractivity contribution in [1.29, 1.82) is 0 Å². The van der Waals surface area contributed by atoms with Gasteiger partial charge in [0.25, 0.3) is 0 Å². The maximum atomic E-state index is 5.97. The predicted octanol–water partition coefficient (Wildman–Crippen LogP) is 6.69. The van der Waals surface area contributed by atoms with Crippen molar-refractivity contribution in [1.82, 2.24) is 19.9 Å². The molecule has 4 aromatic heterocycles. The SMILES string of the molecule is CCO[Si](OCC)(OCC)c1ccc(-c2ccc([Si](OCC)(OCC)OCC)cn2)nc1.CCO[Si](OCC)(OCC)c1ccc(-c2ccc([Si](OCC)(OCC)OCC)cn2)nc1.[Cl][Co][Cl]. The van der Waals surface area contributed by atoms with Crippen molar-refractivity contribution in [3.63, 3.8) is 0 Å². The second-order valence-electron chi connectivity index (χ2n) is 13.2. The van der Waals surface area contributed by atoms with Gasteiger partial charge in [0, 0.05) is 125 Å². The van der Waals surface area contributed by atoms with Crippen LogP contribution >= 0.6 is 20.3 Å². The van der Waals surface area contributed by atoms with E-state index in [0.29, 0.717) is 92.2 Å². The van der Waals surface area contributed by atoms with Gasteiger partial charge in [0.05, 0.1) is 22.8 Å². The van der Waals surface area contributed by atoms with E-state index in [0.717, 1.165) is 43.5 Å². The molecule has 4 aromatic rings. The molecule has 0 aliphatic heterocycles. The molecule has 0 radical (unpaired) electrons. The summed E-state index contributed by atoms with van der Waals surface area (Å²) in [6.45, 7) is 29.2. The number of nitrogens with zero attached hydrogens (tertiary/aromatic N) is 4. The standard InChI is InChI=1S/2C22H36N2O6Si2.2ClH.Co/c2*1-7-25-31(26-8-2,27-9-3)19-13-15-21(23-17-19)22-16-14-20(18-24-22)32(28-10-4,29-11-5)30-12-6;;;/h2*13-18H,7-12H2,1-6H3;2*1H;/q;;;;+2/p-2. The van der Waals surface area contributed by atoms with E-state index in [1.165, 1.54) is 0 Å². The second-order valence-corrected chi connectivity index (χ2v) is 25.1. The average molecular weight is 1090 g/mol. The van der Waals surface area contributed by atoms with Crippen LogP contribution in [0.15, 0.2) is 73.3 Å². The molecule has 0 N–H and O–H groups in total. The molecule has 23 heteroatoms. The van der Waals surface area contributed by atoms with E-state index < -0.39 is 35.2 Å². The Kier molecular flexibility index (Phi) is 30.7. The summed E-state index contributed by atoms with van der Waals surface area (Å²) in [5.74, 6) is 0. The van der Waals surface area contributed by atoms with Crippen LogP contribution in [0.5, 0.6) is 0 Å². The van der Waals surface area contributed by atoms with E-state index in [1.54, 1.807) is 24.8 Å². The maximum absolute atomic E-state index is 5.97. The van der Waals surface area contributed by atoms with Gasteiger partial charge in [0.1, 0.15) is 0 Å². The molecule has 0 aliphatic rings. The van der Waals surface area contributed by atoms with Crippen LogP contribution in [0.4, 0.5) is 0 Å². The normalized spacial score (nSPS) is 12.1. The molecule has 0 amide bonds. The molecule has 0 aromatic carbocycles. The molecular formula is C44H72Cl2CoN4O12Si4. The Bertz CT molecular complexity index is 1550. The Labute approximate surface area is 418 Å². The molecule has 0 saturated carbocycles. The van der Waals surface area contributed by atoms with E-state index >= 15 is 0 Å². The first-order valence-electron chi connectivity index (χ1n) is 22.9. The van der Waals surface area contributed by atoms with Gasteiger partial charge in [0.15, 0.2) is 0 Å². The fraction of sp³-hybridized carbons (Fsp3) is 0.545. The molecule has 0 saturated heterocycles. The summed E-state index contributed by atoms with van der Waals surface area (Å²) in [6, 6.07) is 15.4. The van der Waals surface area contributed by atoms with Gasteiger partial charge in [-0.1, -0.05) is 24.3 Å². The molecule has 379 valence electrons. The van der Waals surface area contributed by atoms with Crippen LogP contribution < -0.4 is 20.7 Å². The van der Waals surface area contributed by atoms with Crippen molar-refractivity contribution in [2.45, 2.75) is 83.1 Å².